The van der Waals surface area contributed by atoms with E-state index in [1.165, 1.54) is 0 Å². The van der Waals surface area contributed by atoms with Gasteiger partial charge in [0.25, 0.3) is 0 Å². The van der Waals surface area contributed by atoms with Crippen LogP contribution in [0.1, 0.15) is 12.4 Å². The van der Waals surface area contributed by atoms with Gasteiger partial charge in [-0.3, -0.25) is 0 Å². The lowest BCUT2D eigenvalue weighted by Crippen LogP contribution is -2.24. The zero-order valence-corrected chi connectivity index (χ0v) is 9.12. The van der Waals surface area contributed by atoms with Gasteiger partial charge in [-0.2, -0.15) is 0 Å². The summed E-state index contributed by atoms with van der Waals surface area (Å²) in [6.07, 6.45) is 0. The van der Waals surface area contributed by atoms with E-state index in [4.69, 9.17) is 11.3 Å². The first-order valence-electron chi connectivity index (χ1n) is 6.51. The summed E-state index contributed by atoms with van der Waals surface area (Å²) < 4.78 is 43.8. The molecule has 0 aliphatic heterocycles. The quantitative estimate of drug-likeness (QED) is 0.532. The minimum Gasteiger partial charge on any atom is -0.544 e. The number of hydrogen-bond acceptors (Lipinski definition) is 1. The van der Waals surface area contributed by atoms with E-state index < -0.39 is 14.4 Å². The highest BCUT2D eigenvalue weighted by molar-refractivity contribution is 6.70. The Bertz CT molecular complexity index is 478. The third-order valence-electron chi connectivity index (χ3n) is 1.21. The minimum absolute atomic E-state index is 0.0448. The molecule has 0 unspecified atom stereocenters. The zero-order chi connectivity index (χ0) is 14.2. The van der Waals surface area contributed by atoms with Crippen molar-refractivity contribution in [1.29, 1.82) is 0 Å². The first-order valence-corrected chi connectivity index (χ1v) is 7.42. The SMILES string of the molecule is [2H]c1c([2H])c([2H])c(C(=C)O[Si](C)(C)C)c([2H])c1[2H]. The highest BCUT2D eigenvalue weighted by Gasteiger charge is 2.17. The molecule has 0 saturated heterocycles. The highest BCUT2D eigenvalue weighted by Crippen LogP contribution is 2.18. The molecule has 70 valence electrons. The van der Waals surface area contributed by atoms with Gasteiger partial charge in [-0.1, -0.05) is 36.8 Å². The Kier molecular flexibility index (Phi) is 1.46. The largest absolute Gasteiger partial charge is 0.544 e. The Morgan fingerprint density at radius 1 is 1.31 bits per heavy atom. The monoisotopic (exact) mass is 197 g/mol. The van der Waals surface area contributed by atoms with Crippen molar-refractivity contribution in [2.45, 2.75) is 19.6 Å². The van der Waals surface area contributed by atoms with Gasteiger partial charge in [0.2, 0.25) is 8.32 Å². The van der Waals surface area contributed by atoms with Crippen LogP contribution in [0.25, 0.3) is 5.76 Å². The van der Waals surface area contributed by atoms with Crippen LogP contribution in [0.15, 0.2) is 36.8 Å². The molecule has 0 N–H and O–H groups in total. The third-order valence-corrected chi connectivity index (χ3v) is 2.07. The maximum atomic E-state index is 7.78. The van der Waals surface area contributed by atoms with Gasteiger partial charge in [0.1, 0.15) is 5.76 Å². The normalized spacial score (nSPS) is 16.4. The molecule has 0 aliphatic carbocycles. The van der Waals surface area contributed by atoms with E-state index in [0.717, 1.165) is 0 Å². The lowest BCUT2D eigenvalue weighted by atomic mass is 10.2. The summed E-state index contributed by atoms with van der Waals surface area (Å²) in [5.41, 5.74) is 0.0448. The highest BCUT2D eigenvalue weighted by atomic mass is 28.4. The summed E-state index contributed by atoms with van der Waals surface area (Å²) >= 11 is 0. The van der Waals surface area contributed by atoms with Crippen LogP contribution in [-0.2, 0) is 4.43 Å². The van der Waals surface area contributed by atoms with Crippen molar-refractivity contribution in [1.82, 2.24) is 0 Å². The van der Waals surface area contributed by atoms with E-state index in [9.17, 15) is 0 Å². The van der Waals surface area contributed by atoms with Gasteiger partial charge in [-0.15, -0.1) is 0 Å². The molecule has 0 bridgehead atoms. The summed E-state index contributed by atoms with van der Waals surface area (Å²) in [5, 5.41) is 0. The topological polar surface area (TPSA) is 9.23 Å². The van der Waals surface area contributed by atoms with Crippen molar-refractivity contribution < 1.29 is 11.3 Å². The number of rotatable bonds is 3. The lowest BCUT2D eigenvalue weighted by molar-refractivity contribution is 0.516. The Balaban J connectivity index is 3.38. The zero-order valence-electron chi connectivity index (χ0n) is 13.1. The molecule has 1 rings (SSSR count). The molecule has 0 saturated carbocycles. The fourth-order valence-corrected chi connectivity index (χ4v) is 1.65. The molecule has 1 nitrogen and oxygen atoms in total. The second kappa shape index (κ2) is 3.79. The van der Waals surface area contributed by atoms with Crippen molar-refractivity contribution in [3.8, 4) is 0 Å². The molecular weight excluding hydrogens is 176 g/mol. The molecule has 0 heterocycles. The molecule has 1 aromatic carbocycles. The van der Waals surface area contributed by atoms with Gasteiger partial charge in [0, 0.05) is 5.56 Å². The summed E-state index contributed by atoms with van der Waals surface area (Å²) in [6, 6.07) is -1.69. The number of hydrogen-bond donors (Lipinski definition) is 0. The molecule has 0 fully saturated rings. The molecule has 0 atom stereocenters. The Morgan fingerprint density at radius 3 is 2.31 bits per heavy atom. The van der Waals surface area contributed by atoms with Gasteiger partial charge in [-0.25, -0.2) is 0 Å². The predicted molar refractivity (Wildman–Crippen MR) is 59.9 cm³/mol. The molecule has 13 heavy (non-hydrogen) atoms. The van der Waals surface area contributed by atoms with Crippen LogP contribution in [0.5, 0.6) is 0 Å². The van der Waals surface area contributed by atoms with Crippen LogP contribution in [0.2, 0.25) is 19.6 Å². The maximum Gasteiger partial charge on any atom is 0.242 e. The molecule has 0 amide bonds. The average Bonchev–Trinajstić information content (AvgIpc) is 2.21. The van der Waals surface area contributed by atoms with Crippen LogP contribution >= 0.6 is 0 Å². The van der Waals surface area contributed by atoms with Crippen molar-refractivity contribution in [2.75, 3.05) is 0 Å². The van der Waals surface area contributed by atoms with Gasteiger partial charge < -0.3 is 4.43 Å². The molecule has 2 heteroatoms. The molecule has 0 aliphatic rings. The molecule has 0 aromatic heterocycles. The second-order valence-electron chi connectivity index (χ2n) is 3.64. The van der Waals surface area contributed by atoms with Gasteiger partial charge in [0.15, 0.2) is 0 Å². The van der Waals surface area contributed by atoms with E-state index in [0.29, 0.717) is 0 Å². The van der Waals surface area contributed by atoms with E-state index in [1.54, 1.807) is 0 Å². The van der Waals surface area contributed by atoms with Crippen LogP contribution in [-0.4, -0.2) is 8.32 Å². The molecule has 1 aromatic rings. The van der Waals surface area contributed by atoms with Gasteiger partial charge >= 0.3 is 0 Å². The Hall–Kier alpha value is -1.02. The smallest absolute Gasteiger partial charge is 0.242 e. The molecule has 0 spiro atoms. The van der Waals surface area contributed by atoms with Crippen molar-refractivity contribution in [2.24, 2.45) is 0 Å². The predicted octanol–water partition coefficient (Wildman–Crippen LogP) is 3.51. The first kappa shape index (κ1) is 5.01. The summed E-state index contributed by atoms with van der Waals surface area (Å²) in [4.78, 5) is 0. The van der Waals surface area contributed by atoms with Crippen molar-refractivity contribution in [3.05, 3.63) is 42.4 Å². The standard InChI is InChI=1S/C11H16OSi/c1-10(12-13(2,3)4)11-8-6-5-7-9-11/h5-9H,1H2,2-4H3/i5D,6D,7D,8D,9D. The van der Waals surface area contributed by atoms with Crippen LogP contribution in [0.3, 0.4) is 0 Å². The van der Waals surface area contributed by atoms with E-state index >= 15 is 0 Å². The van der Waals surface area contributed by atoms with E-state index in [-0.39, 0.29) is 35.5 Å². The van der Waals surface area contributed by atoms with Crippen LogP contribution < -0.4 is 0 Å². The molecule has 0 radical (unpaired) electrons. The van der Waals surface area contributed by atoms with Crippen LogP contribution in [0.4, 0.5) is 0 Å². The second-order valence-corrected chi connectivity index (χ2v) is 8.07. The Labute approximate surface area is 88.2 Å². The van der Waals surface area contributed by atoms with E-state index in [1.807, 2.05) is 19.6 Å². The summed E-state index contributed by atoms with van der Waals surface area (Å²) in [6.45, 7) is 9.50. The van der Waals surface area contributed by atoms with Crippen molar-refractivity contribution in [3.63, 3.8) is 0 Å². The van der Waals surface area contributed by atoms with Crippen molar-refractivity contribution >= 4 is 14.1 Å². The molecular formula is C11H16OSi. The maximum absolute atomic E-state index is 7.78. The van der Waals surface area contributed by atoms with Crippen LogP contribution in [0, 0.1) is 0 Å². The van der Waals surface area contributed by atoms with Gasteiger partial charge in [0.05, 0.1) is 6.85 Å². The lowest BCUT2D eigenvalue weighted by Gasteiger charge is -2.20. The number of benzene rings is 1. The summed E-state index contributed by atoms with van der Waals surface area (Å²) in [7, 11) is -1.93. The third kappa shape index (κ3) is 3.47. The minimum atomic E-state index is -1.93. The average molecular weight is 197 g/mol. The van der Waals surface area contributed by atoms with E-state index in [2.05, 4.69) is 6.58 Å². The first-order chi connectivity index (χ1) is 8.06. The Morgan fingerprint density at radius 2 is 1.85 bits per heavy atom. The van der Waals surface area contributed by atoms with Gasteiger partial charge in [-0.05, 0) is 19.6 Å². The summed E-state index contributed by atoms with van der Waals surface area (Å²) in [5.74, 6) is 0.145. The fourth-order valence-electron chi connectivity index (χ4n) is 0.810. The fraction of sp³-hybridized carbons (Fsp3) is 0.273.